The Morgan fingerprint density at radius 2 is 2.10 bits per heavy atom. The van der Waals surface area contributed by atoms with E-state index < -0.39 is 5.97 Å². The molecule has 0 saturated carbocycles. The van der Waals surface area contributed by atoms with Crippen molar-refractivity contribution in [2.45, 2.75) is 46.1 Å². The number of urea groups is 1. The first kappa shape index (κ1) is 17.8. The third-order valence-electron chi connectivity index (χ3n) is 4.09. The molecule has 0 aromatic heterocycles. The third kappa shape index (κ3) is 6.33. The van der Waals surface area contributed by atoms with E-state index in [2.05, 4.69) is 19.2 Å². The predicted octanol–water partition coefficient (Wildman–Crippen LogP) is 1.94. The van der Waals surface area contributed by atoms with Crippen molar-refractivity contribution in [2.24, 2.45) is 11.8 Å². The maximum atomic E-state index is 12.1. The van der Waals surface area contributed by atoms with Gasteiger partial charge in [0.05, 0.1) is 19.3 Å². The summed E-state index contributed by atoms with van der Waals surface area (Å²) in [7, 11) is 0. The number of amides is 2. The van der Waals surface area contributed by atoms with Gasteiger partial charge in [-0.3, -0.25) is 4.79 Å². The first-order valence-corrected chi connectivity index (χ1v) is 7.75. The Morgan fingerprint density at radius 3 is 2.67 bits per heavy atom. The summed E-state index contributed by atoms with van der Waals surface area (Å²) < 4.78 is 5.31. The zero-order chi connectivity index (χ0) is 15.8. The quantitative estimate of drug-likeness (QED) is 0.753. The highest BCUT2D eigenvalue weighted by Gasteiger charge is 2.23. The number of hydrogen-bond acceptors (Lipinski definition) is 3. The molecule has 2 amide bonds. The molecule has 0 spiro atoms. The van der Waals surface area contributed by atoms with E-state index in [0.717, 1.165) is 6.42 Å². The van der Waals surface area contributed by atoms with Crippen LogP contribution in [0.3, 0.4) is 0 Å². The highest BCUT2D eigenvalue weighted by Crippen LogP contribution is 2.20. The molecule has 6 heteroatoms. The number of nitrogens with zero attached hydrogens (tertiary/aromatic N) is 1. The number of nitrogens with one attached hydrogen (secondary N) is 1. The molecular formula is C15H28N2O4. The smallest absolute Gasteiger partial charge is 0.317 e. The van der Waals surface area contributed by atoms with Crippen LogP contribution in [-0.4, -0.2) is 54.4 Å². The zero-order valence-corrected chi connectivity index (χ0v) is 13.3. The summed E-state index contributed by atoms with van der Waals surface area (Å²) in [6.07, 6.45) is 1.67. The van der Waals surface area contributed by atoms with Crippen LogP contribution in [-0.2, 0) is 9.53 Å². The highest BCUT2D eigenvalue weighted by atomic mass is 16.5. The van der Waals surface area contributed by atoms with E-state index in [4.69, 9.17) is 9.84 Å². The van der Waals surface area contributed by atoms with Gasteiger partial charge < -0.3 is 20.1 Å². The molecule has 2 N–H and O–H groups in total. The predicted molar refractivity (Wildman–Crippen MR) is 80.2 cm³/mol. The maximum absolute atomic E-state index is 12.1. The molecule has 1 aliphatic heterocycles. The molecule has 1 aliphatic rings. The van der Waals surface area contributed by atoms with E-state index in [1.807, 2.05) is 6.92 Å². The van der Waals surface area contributed by atoms with Crippen molar-refractivity contribution < 1.29 is 19.4 Å². The molecule has 0 bridgehead atoms. The lowest BCUT2D eigenvalue weighted by atomic mass is 9.88. The Kier molecular flexibility index (Phi) is 7.50. The number of carboxylic acids is 1. The van der Waals surface area contributed by atoms with Gasteiger partial charge in [0.25, 0.3) is 0 Å². The van der Waals surface area contributed by atoms with Crippen LogP contribution >= 0.6 is 0 Å². The van der Waals surface area contributed by atoms with Crippen LogP contribution < -0.4 is 5.32 Å². The Morgan fingerprint density at radius 1 is 1.38 bits per heavy atom. The van der Waals surface area contributed by atoms with Crippen molar-refractivity contribution in [3.05, 3.63) is 0 Å². The van der Waals surface area contributed by atoms with Crippen LogP contribution in [0.4, 0.5) is 4.79 Å². The van der Waals surface area contributed by atoms with E-state index >= 15 is 0 Å². The van der Waals surface area contributed by atoms with E-state index in [9.17, 15) is 9.59 Å². The molecule has 1 saturated heterocycles. The average molecular weight is 300 g/mol. The largest absolute Gasteiger partial charge is 0.481 e. The lowest BCUT2D eigenvalue weighted by Gasteiger charge is -2.33. The van der Waals surface area contributed by atoms with Gasteiger partial charge in [0.2, 0.25) is 0 Å². The van der Waals surface area contributed by atoms with Gasteiger partial charge in [-0.15, -0.1) is 0 Å². The van der Waals surface area contributed by atoms with Gasteiger partial charge in [-0.2, -0.15) is 0 Å². The molecule has 21 heavy (non-hydrogen) atoms. The molecule has 122 valence electrons. The number of rotatable bonds is 7. The van der Waals surface area contributed by atoms with Gasteiger partial charge in [-0.25, -0.2) is 4.79 Å². The van der Waals surface area contributed by atoms with Crippen LogP contribution in [0.1, 0.15) is 40.0 Å². The topological polar surface area (TPSA) is 78.9 Å². The minimum absolute atomic E-state index is 0.0495. The molecule has 0 radical (unpaired) electrons. The number of ether oxygens (including phenoxy) is 1. The minimum Gasteiger partial charge on any atom is -0.481 e. The molecular weight excluding hydrogens is 272 g/mol. The second-order valence-corrected chi connectivity index (χ2v) is 6.07. The standard InChI is InChI=1S/C15H28N2O4/c1-11(2)13(4-5-14(18)19)6-7-16-15(20)17-8-9-21-10-12(17)3/h11-13H,4-10H2,1-3H3,(H,16,20)(H,18,19). The Hall–Kier alpha value is -1.30. The Balaban J connectivity index is 2.32. The molecule has 0 aromatic rings. The number of carbonyl (C=O) groups is 2. The number of hydrogen-bond donors (Lipinski definition) is 2. The number of carbonyl (C=O) groups excluding carboxylic acids is 1. The molecule has 2 atom stereocenters. The summed E-state index contributed by atoms with van der Waals surface area (Å²) in [6, 6.07) is 0.0539. The summed E-state index contributed by atoms with van der Waals surface area (Å²) in [5, 5.41) is 11.7. The van der Waals surface area contributed by atoms with Crippen molar-refractivity contribution in [1.82, 2.24) is 10.2 Å². The summed E-state index contributed by atoms with van der Waals surface area (Å²) in [5.41, 5.74) is 0. The van der Waals surface area contributed by atoms with E-state index in [-0.39, 0.29) is 18.5 Å². The highest BCUT2D eigenvalue weighted by molar-refractivity contribution is 5.74. The number of morpholine rings is 1. The second-order valence-electron chi connectivity index (χ2n) is 6.07. The summed E-state index contributed by atoms with van der Waals surface area (Å²) in [6.45, 7) is 8.55. The van der Waals surface area contributed by atoms with Crippen molar-refractivity contribution in [2.75, 3.05) is 26.3 Å². The van der Waals surface area contributed by atoms with Crippen LogP contribution in [0.5, 0.6) is 0 Å². The molecule has 2 unspecified atom stereocenters. The zero-order valence-electron chi connectivity index (χ0n) is 13.3. The minimum atomic E-state index is -0.758. The van der Waals surface area contributed by atoms with Crippen molar-refractivity contribution in [3.8, 4) is 0 Å². The molecule has 1 heterocycles. The monoisotopic (exact) mass is 300 g/mol. The fraction of sp³-hybridized carbons (Fsp3) is 0.867. The molecule has 1 fully saturated rings. The van der Waals surface area contributed by atoms with Gasteiger partial charge in [0.15, 0.2) is 0 Å². The van der Waals surface area contributed by atoms with Gasteiger partial charge in [0.1, 0.15) is 0 Å². The Labute approximate surface area is 126 Å². The van der Waals surface area contributed by atoms with Crippen molar-refractivity contribution in [3.63, 3.8) is 0 Å². The normalized spacial score (nSPS) is 20.4. The fourth-order valence-electron chi connectivity index (χ4n) is 2.61. The van der Waals surface area contributed by atoms with Crippen LogP contribution in [0, 0.1) is 11.8 Å². The van der Waals surface area contributed by atoms with Gasteiger partial charge in [-0.05, 0) is 31.6 Å². The lowest BCUT2D eigenvalue weighted by Crippen LogP contribution is -2.51. The lowest BCUT2D eigenvalue weighted by molar-refractivity contribution is -0.137. The number of carboxylic acid groups (broad SMARTS) is 1. The van der Waals surface area contributed by atoms with Crippen molar-refractivity contribution in [1.29, 1.82) is 0 Å². The van der Waals surface area contributed by atoms with Crippen LogP contribution in [0.25, 0.3) is 0 Å². The Bertz CT molecular complexity index is 347. The number of aliphatic carboxylic acids is 1. The molecule has 1 rings (SSSR count). The molecule has 0 aromatic carbocycles. The SMILES string of the molecule is CC(C)C(CCNC(=O)N1CCOCC1C)CCC(=O)O. The summed E-state index contributed by atoms with van der Waals surface area (Å²) >= 11 is 0. The molecule has 6 nitrogen and oxygen atoms in total. The van der Waals surface area contributed by atoms with Crippen LogP contribution in [0.15, 0.2) is 0 Å². The van der Waals surface area contributed by atoms with Crippen LogP contribution in [0.2, 0.25) is 0 Å². The summed E-state index contributed by atoms with van der Waals surface area (Å²) in [4.78, 5) is 24.6. The first-order chi connectivity index (χ1) is 9.91. The van der Waals surface area contributed by atoms with Gasteiger partial charge in [-0.1, -0.05) is 13.8 Å². The average Bonchev–Trinajstić information content (AvgIpc) is 2.42. The third-order valence-corrected chi connectivity index (χ3v) is 4.09. The molecule has 0 aliphatic carbocycles. The fourth-order valence-corrected chi connectivity index (χ4v) is 2.61. The van der Waals surface area contributed by atoms with Crippen molar-refractivity contribution >= 4 is 12.0 Å². The van der Waals surface area contributed by atoms with Gasteiger partial charge >= 0.3 is 12.0 Å². The maximum Gasteiger partial charge on any atom is 0.317 e. The second kappa shape index (κ2) is 8.87. The van der Waals surface area contributed by atoms with E-state index in [0.29, 0.717) is 44.6 Å². The first-order valence-electron chi connectivity index (χ1n) is 7.75. The van der Waals surface area contributed by atoms with E-state index in [1.54, 1.807) is 4.90 Å². The van der Waals surface area contributed by atoms with E-state index in [1.165, 1.54) is 0 Å². The summed E-state index contributed by atoms with van der Waals surface area (Å²) in [5.74, 6) is -0.0149. The van der Waals surface area contributed by atoms with Gasteiger partial charge in [0, 0.05) is 19.5 Å².